The van der Waals surface area contributed by atoms with E-state index in [1.807, 2.05) is 32.0 Å². The average Bonchev–Trinajstić information content (AvgIpc) is 2.71. The molecular weight excluding hydrogens is 268 g/mol. The standard InChI is InChI=1S/C12H13BrN2O/c1-7-5-9(3-4-10(7)13)11-6-12(8(2)14)16-15-11/h3-6,8H,14H2,1-2H3. The van der Waals surface area contributed by atoms with Gasteiger partial charge in [-0.05, 0) is 31.5 Å². The molecule has 2 rings (SSSR count). The predicted molar refractivity (Wildman–Crippen MR) is 67.0 cm³/mol. The molecular formula is C12H13BrN2O. The van der Waals surface area contributed by atoms with Gasteiger partial charge in [-0.15, -0.1) is 0 Å². The molecule has 0 saturated heterocycles. The maximum atomic E-state index is 5.72. The predicted octanol–water partition coefficient (Wildman–Crippen LogP) is 3.43. The highest BCUT2D eigenvalue weighted by atomic mass is 79.9. The van der Waals surface area contributed by atoms with Crippen molar-refractivity contribution in [2.24, 2.45) is 5.73 Å². The molecule has 0 bridgehead atoms. The molecule has 84 valence electrons. The van der Waals surface area contributed by atoms with Crippen LogP contribution >= 0.6 is 15.9 Å². The molecule has 2 N–H and O–H groups in total. The number of aryl methyl sites for hydroxylation is 1. The van der Waals surface area contributed by atoms with E-state index in [9.17, 15) is 0 Å². The topological polar surface area (TPSA) is 52.0 Å². The van der Waals surface area contributed by atoms with Crippen molar-refractivity contribution in [2.75, 3.05) is 0 Å². The van der Waals surface area contributed by atoms with Gasteiger partial charge in [0.15, 0.2) is 5.76 Å². The normalized spacial score (nSPS) is 12.8. The second-order valence-electron chi connectivity index (χ2n) is 3.87. The van der Waals surface area contributed by atoms with E-state index in [0.717, 1.165) is 15.7 Å². The Morgan fingerprint density at radius 3 is 2.69 bits per heavy atom. The third kappa shape index (κ3) is 2.18. The highest BCUT2D eigenvalue weighted by molar-refractivity contribution is 9.10. The summed E-state index contributed by atoms with van der Waals surface area (Å²) in [7, 11) is 0. The summed E-state index contributed by atoms with van der Waals surface area (Å²) in [4.78, 5) is 0. The average molecular weight is 281 g/mol. The zero-order valence-electron chi connectivity index (χ0n) is 9.20. The van der Waals surface area contributed by atoms with Gasteiger partial charge in [0.2, 0.25) is 0 Å². The zero-order chi connectivity index (χ0) is 11.7. The smallest absolute Gasteiger partial charge is 0.153 e. The van der Waals surface area contributed by atoms with Gasteiger partial charge in [-0.2, -0.15) is 0 Å². The second kappa shape index (κ2) is 4.39. The lowest BCUT2D eigenvalue weighted by atomic mass is 10.1. The minimum Gasteiger partial charge on any atom is -0.359 e. The Bertz CT molecular complexity index is 505. The molecule has 3 nitrogen and oxygen atoms in total. The first-order valence-corrected chi connectivity index (χ1v) is 5.86. The summed E-state index contributed by atoms with van der Waals surface area (Å²) in [6.45, 7) is 3.91. The molecule has 1 heterocycles. The van der Waals surface area contributed by atoms with Crippen LogP contribution < -0.4 is 5.73 Å². The lowest BCUT2D eigenvalue weighted by molar-refractivity contribution is 0.369. The van der Waals surface area contributed by atoms with Crippen molar-refractivity contribution in [1.82, 2.24) is 5.16 Å². The van der Waals surface area contributed by atoms with Crippen LogP contribution in [0.25, 0.3) is 11.3 Å². The van der Waals surface area contributed by atoms with Gasteiger partial charge in [0.05, 0.1) is 6.04 Å². The number of nitrogens with two attached hydrogens (primary N) is 1. The minimum absolute atomic E-state index is 0.127. The molecule has 1 aromatic heterocycles. The molecule has 0 saturated carbocycles. The SMILES string of the molecule is Cc1cc(-c2cc(C(C)N)on2)ccc1Br. The van der Waals surface area contributed by atoms with Crippen LogP contribution in [-0.2, 0) is 0 Å². The van der Waals surface area contributed by atoms with Crippen LogP contribution in [0.5, 0.6) is 0 Å². The van der Waals surface area contributed by atoms with Crippen LogP contribution in [0.4, 0.5) is 0 Å². The summed E-state index contributed by atoms with van der Waals surface area (Å²) in [5, 5.41) is 4.01. The van der Waals surface area contributed by atoms with Crippen molar-refractivity contribution in [2.45, 2.75) is 19.9 Å². The largest absolute Gasteiger partial charge is 0.359 e. The summed E-state index contributed by atoms with van der Waals surface area (Å²) in [6.07, 6.45) is 0. The quantitative estimate of drug-likeness (QED) is 0.917. The minimum atomic E-state index is -0.127. The summed E-state index contributed by atoms with van der Waals surface area (Å²) in [6, 6.07) is 7.82. The summed E-state index contributed by atoms with van der Waals surface area (Å²) in [5.41, 5.74) is 8.75. The number of nitrogens with zero attached hydrogens (tertiary/aromatic N) is 1. The van der Waals surface area contributed by atoms with E-state index in [4.69, 9.17) is 10.3 Å². The molecule has 0 aliphatic carbocycles. The lowest BCUT2D eigenvalue weighted by Gasteiger charge is -2.00. The summed E-state index contributed by atoms with van der Waals surface area (Å²) in [5.74, 6) is 0.704. The molecule has 4 heteroatoms. The van der Waals surface area contributed by atoms with Crippen LogP contribution in [0, 0.1) is 6.92 Å². The summed E-state index contributed by atoms with van der Waals surface area (Å²) < 4.78 is 6.25. The second-order valence-corrected chi connectivity index (χ2v) is 4.72. The van der Waals surface area contributed by atoms with E-state index >= 15 is 0 Å². The van der Waals surface area contributed by atoms with Crippen molar-refractivity contribution in [3.8, 4) is 11.3 Å². The van der Waals surface area contributed by atoms with E-state index in [1.165, 1.54) is 5.56 Å². The van der Waals surface area contributed by atoms with Gasteiger partial charge in [-0.3, -0.25) is 0 Å². The highest BCUT2D eigenvalue weighted by Crippen LogP contribution is 2.25. The van der Waals surface area contributed by atoms with Crippen molar-refractivity contribution < 1.29 is 4.52 Å². The third-order valence-corrected chi connectivity index (χ3v) is 3.32. The van der Waals surface area contributed by atoms with Crippen molar-refractivity contribution in [3.63, 3.8) is 0 Å². The van der Waals surface area contributed by atoms with Crippen LogP contribution in [0.3, 0.4) is 0 Å². The van der Waals surface area contributed by atoms with Gasteiger partial charge in [0.1, 0.15) is 5.69 Å². The molecule has 2 aromatic rings. The molecule has 0 aliphatic heterocycles. The molecule has 0 radical (unpaired) electrons. The van der Waals surface area contributed by atoms with Gasteiger partial charge < -0.3 is 10.3 Å². The fourth-order valence-electron chi connectivity index (χ4n) is 1.44. The van der Waals surface area contributed by atoms with Gasteiger partial charge >= 0.3 is 0 Å². The van der Waals surface area contributed by atoms with E-state index < -0.39 is 0 Å². The Hall–Kier alpha value is -1.13. The number of hydrogen-bond donors (Lipinski definition) is 1. The first kappa shape index (κ1) is 11.4. The maximum Gasteiger partial charge on any atom is 0.153 e. The first-order chi connectivity index (χ1) is 7.58. The van der Waals surface area contributed by atoms with E-state index in [2.05, 4.69) is 27.2 Å². The van der Waals surface area contributed by atoms with Gasteiger partial charge in [0.25, 0.3) is 0 Å². The monoisotopic (exact) mass is 280 g/mol. The molecule has 0 aliphatic rings. The van der Waals surface area contributed by atoms with E-state index in [0.29, 0.717) is 5.76 Å². The molecule has 0 amide bonds. The van der Waals surface area contributed by atoms with Gasteiger partial charge in [0, 0.05) is 16.1 Å². The highest BCUT2D eigenvalue weighted by Gasteiger charge is 2.10. The Morgan fingerprint density at radius 1 is 1.38 bits per heavy atom. The Labute approximate surface area is 103 Å². The summed E-state index contributed by atoms with van der Waals surface area (Å²) >= 11 is 3.47. The Kier molecular flexibility index (Phi) is 3.12. The fourth-order valence-corrected chi connectivity index (χ4v) is 1.69. The molecule has 0 spiro atoms. The van der Waals surface area contributed by atoms with Crippen molar-refractivity contribution in [1.29, 1.82) is 0 Å². The van der Waals surface area contributed by atoms with Crippen molar-refractivity contribution >= 4 is 15.9 Å². The van der Waals surface area contributed by atoms with Crippen LogP contribution in [-0.4, -0.2) is 5.16 Å². The number of benzene rings is 1. The zero-order valence-corrected chi connectivity index (χ0v) is 10.8. The molecule has 1 atom stereocenters. The Balaban J connectivity index is 2.39. The number of rotatable bonds is 2. The molecule has 0 fully saturated rings. The number of halogens is 1. The van der Waals surface area contributed by atoms with Crippen molar-refractivity contribution in [3.05, 3.63) is 40.1 Å². The van der Waals surface area contributed by atoms with Gasteiger partial charge in [-0.25, -0.2) is 0 Å². The van der Waals surface area contributed by atoms with E-state index in [-0.39, 0.29) is 6.04 Å². The molecule has 16 heavy (non-hydrogen) atoms. The van der Waals surface area contributed by atoms with Crippen LogP contribution in [0.2, 0.25) is 0 Å². The first-order valence-electron chi connectivity index (χ1n) is 5.06. The number of aromatic nitrogens is 1. The van der Waals surface area contributed by atoms with E-state index in [1.54, 1.807) is 0 Å². The maximum absolute atomic E-state index is 5.72. The Morgan fingerprint density at radius 2 is 2.12 bits per heavy atom. The third-order valence-electron chi connectivity index (χ3n) is 2.43. The van der Waals surface area contributed by atoms with Gasteiger partial charge in [-0.1, -0.05) is 27.2 Å². The lowest BCUT2D eigenvalue weighted by Crippen LogP contribution is -2.02. The fraction of sp³-hybridized carbons (Fsp3) is 0.250. The van der Waals surface area contributed by atoms with Crippen LogP contribution in [0.1, 0.15) is 24.3 Å². The van der Waals surface area contributed by atoms with Crippen LogP contribution in [0.15, 0.2) is 33.3 Å². The molecule has 1 unspecified atom stereocenters. The number of hydrogen-bond acceptors (Lipinski definition) is 3. The molecule has 1 aromatic carbocycles.